The summed E-state index contributed by atoms with van der Waals surface area (Å²) in [5.74, 6) is -3.57. The zero-order valence-electron chi connectivity index (χ0n) is 18.8. The summed E-state index contributed by atoms with van der Waals surface area (Å²) in [6.45, 7) is -0.294. The predicted molar refractivity (Wildman–Crippen MR) is 121 cm³/mol. The number of hydrogen-bond acceptors (Lipinski definition) is 4. The first-order chi connectivity index (χ1) is 16.8. The second-order valence-electron chi connectivity index (χ2n) is 9.29. The minimum Gasteiger partial charge on any atom is -0.364 e. The quantitative estimate of drug-likeness (QED) is 0.576. The van der Waals surface area contributed by atoms with Crippen molar-refractivity contribution in [3.63, 3.8) is 0 Å². The van der Waals surface area contributed by atoms with E-state index in [4.69, 9.17) is 5.73 Å². The average molecular weight is 487 g/mol. The summed E-state index contributed by atoms with van der Waals surface area (Å²) in [7, 11) is 0. The van der Waals surface area contributed by atoms with Crippen LogP contribution in [-0.2, 0) is 0 Å². The molecule has 1 aromatic carbocycles. The number of aromatic nitrogens is 3. The molecule has 3 heterocycles. The second-order valence-corrected chi connectivity index (χ2v) is 9.29. The van der Waals surface area contributed by atoms with Gasteiger partial charge in [-0.25, -0.2) is 8.78 Å². The van der Waals surface area contributed by atoms with E-state index in [1.165, 1.54) is 4.90 Å². The number of halogens is 3. The van der Waals surface area contributed by atoms with Crippen LogP contribution in [0.3, 0.4) is 0 Å². The molecule has 1 saturated heterocycles. The molecule has 3 aromatic rings. The van der Waals surface area contributed by atoms with E-state index < -0.39 is 41.4 Å². The van der Waals surface area contributed by atoms with Crippen LogP contribution in [0.25, 0.3) is 16.9 Å². The molecule has 1 aliphatic heterocycles. The number of aromatic amines is 1. The van der Waals surface area contributed by atoms with Gasteiger partial charge in [-0.15, -0.1) is 0 Å². The Kier molecular flexibility index (Phi) is 5.86. The Morgan fingerprint density at radius 2 is 1.74 bits per heavy atom. The van der Waals surface area contributed by atoms with Crippen molar-refractivity contribution in [3.8, 4) is 11.3 Å². The summed E-state index contributed by atoms with van der Waals surface area (Å²) in [6.07, 6.45) is 4.31. The summed E-state index contributed by atoms with van der Waals surface area (Å²) >= 11 is 0. The highest BCUT2D eigenvalue weighted by Crippen LogP contribution is 2.37. The summed E-state index contributed by atoms with van der Waals surface area (Å²) in [6, 6.07) is 3.39. The van der Waals surface area contributed by atoms with Gasteiger partial charge < -0.3 is 15.6 Å². The zero-order chi connectivity index (χ0) is 24.9. The lowest BCUT2D eigenvalue weighted by Crippen LogP contribution is -2.51. The van der Waals surface area contributed by atoms with Crippen LogP contribution in [0.15, 0.2) is 23.0 Å². The molecule has 5 rings (SSSR count). The number of rotatable bonds is 5. The normalized spacial score (nSPS) is 17.1. The average Bonchev–Trinajstić information content (AvgIpc) is 3.19. The molecule has 11 heteroatoms. The number of alkyl halides is 1. The molecule has 2 aliphatic rings. The van der Waals surface area contributed by atoms with Gasteiger partial charge in [0.05, 0.1) is 12.4 Å². The van der Waals surface area contributed by atoms with E-state index in [1.54, 1.807) is 0 Å². The van der Waals surface area contributed by atoms with Gasteiger partial charge in [-0.1, -0.05) is 19.3 Å². The number of nitrogens with zero attached hydrogens (tertiary/aromatic N) is 3. The van der Waals surface area contributed by atoms with Crippen LogP contribution in [-0.4, -0.2) is 51.1 Å². The first-order valence-corrected chi connectivity index (χ1v) is 11.6. The Balaban J connectivity index is 1.60. The highest BCUT2D eigenvalue weighted by Gasteiger charge is 2.36. The monoisotopic (exact) mass is 487 g/mol. The summed E-state index contributed by atoms with van der Waals surface area (Å²) in [5.41, 5.74) is 4.04. The Bertz CT molecular complexity index is 1360. The highest BCUT2D eigenvalue weighted by molar-refractivity contribution is 6.10. The van der Waals surface area contributed by atoms with Gasteiger partial charge in [-0.3, -0.25) is 18.8 Å². The molecule has 0 spiro atoms. The minimum atomic E-state index is -1.03. The number of nitrogens with two attached hydrogens (primary N) is 1. The van der Waals surface area contributed by atoms with Crippen molar-refractivity contribution in [2.24, 2.45) is 11.7 Å². The van der Waals surface area contributed by atoms with Crippen molar-refractivity contribution < 1.29 is 22.8 Å². The second kappa shape index (κ2) is 8.86. The van der Waals surface area contributed by atoms with Gasteiger partial charge in [0.15, 0.2) is 11.3 Å². The fourth-order valence-electron chi connectivity index (χ4n) is 5.08. The number of likely N-dealkylation sites (tertiary alicyclic amines) is 1. The topological polar surface area (TPSA) is 114 Å². The molecule has 1 saturated carbocycles. The molecule has 0 bridgehead atoms. The molecule has 35 heavy (non-hydrogen) atoms. The van der Waals surface area contributed by atoms with Crippen LogP contribution < -0.4 is 11.3 Å². The van der Waals surface area contributed by atoms with Gasteiger partial charge in [0, 0.05) is 36.2 Å². The lowest BCUT2D eigenvalue weighted by molar-refractivity contribution is 0.0452. The van der Waals surface area contributed by atoms with Crippen LogP contribution in [0.4, 0.5) is 13.2 Å². The Hall–Kier alpha value is -3.63. The first-order valence-electron chi connectivity index (χ1n) is 11.6. The zero-order valence-corrected chi connectivity index (χ0v) is 18.8. The van der Waals surface area contributed by atoms with Crippen molar-refractivity contribution in [3.05, 3.63) is 57.0 Å². The van der Waals surface area contributed by atoms with E-state index in [0.29, 0.717) is 12.8 Å². The van der Waals surface area contributed by atoms with Crippen LogP contribution in [0.2, 0.25) is 0 Å². The van der Waals surface area contributed by atoms with E-state index in [-0.39, 0.29) is 53.0 Å². The summed E-state index contributed by atoms with van der Waals surface area (Å²) in [5, 5.41) is 3.89. The molecule has 3 N–H and O–H groups in total. The van der Waals surface area contributed by atoms with Gasteiger partial charge in [0.25, 0.3) is 17.4 Å². The van der Waals surface area contributed by atoms with Gasteiger partial charge in [-0.2, -0.15) is 9.61 Å². The summed E-state index contributed by atoms with van der Waals surface area (Å²) < 4.78 is 43.7. The van der Waals surface area contributed by atoms with Gasteiger partial charge in [-0.05, 0) is 30.9 Å². The molecule has 2 amide bonds. The van der Waals surface area contributed by atoms with Crippen molar-refractivity contribution in [2.75, 3.05) is 19.8 Å². The molecular weight excluding hydrogens is 463 g/mol. The van der Waals surface area contributed by atoms with E-state index in [9.17, 15) is 18.8 Å². The van der Waals surface area contributed by atoms with Crippen molar-refractivity contribution in [1.82, 2.24) is 19.5 Å². The van der Waals surface area contributed by atoms with Gasteiger partial charge in [0.1, 0.15) is 17.2 Å². The van der Waals surface area contributed by atoms with Crippen LogP contribution in [0.5, 0.6) is 0 Å². The lowest BCUT2D eigenvalue weighted by Gasteiger charge is -2.37. The molecule has 184 valence electrons. The highest BCUT2D eigenvalue weighted by atomic mass is 19.1. The third-order valence-electron chi connectivity index (χ3n) is 6.93. The van der Waals surface area contributed by atoms with E-state index in [1.807, 2.05) is 0 Å². The van der Waals surface area contributed by atoms with E-state index >= 15 is 8.78 Å². The molecule has 0 radical (unpaired) electrons. The standard InChI is InChI=1S/C24H24F3N5O3/c25-9-12-10-31(11-12)24(35)20-21(22(28)34)30-32-18(33)8-17(29-23(20)32)14-6-15(26)19(16(27)7-14)13-4-2-1-3-5-13/h6-8,12-13,29H,1-5,9-11H2,(H2,28,34). The van der Waals surface area contributed by atoms with Gasteiger partial charge >= 0.3 is 0 Å². The number of hydrogen-bond donors (Lipinski definition) is 2. The van der Waals surface area contributed by atoms with Crippen molar-refractivity contribution >= 4 is 17.5 Å². The first kappa shape index (κ1) is 23.1. The lowest BCUT2D eigenvalue weighted by atomic mass is 9.83. The predicted octanol–water partition coefficient (Wildman–Crippen LogP) is 3.16. The third-order valence-corrected chi connectivity index (χ3v) is 6.93. The maximum Gasteiger partial charge on any atom is 0.274 e. The largest absolute Gasteiger partial charge is 0.364 e. The fourth-order valence-corrected chi connectivity index (χ4v) is 5.08. The van der Waals surface area contributed by atoms with Crippen LogP contribution in [0.1, 0.15) is 64.4 Å². The Morgan fingerprint density at radius 1 is 1.09 bits per heavy atom. The Labute approximate surface area is 197 Å². The number of carbonyl (C=O) groups is 2. The third kappa shape index (κ3) is 3.98. The number of benzene rings is 1. The minimum absolute atomic E-state index is 0.0470. The molecule has 2 aromatic heterocycles. The number of H-pyrrole nitrogens is 1. The SMILES string of the molecule is NC(=O)c1nn2c(=O)cc(-c3cc(F)c(C4CCCCC4)c(F)c3)[nH]c2c1C(=O)N1CC(CF)C1. The number of carbonyl (C=O) groups excluding carboxylic acids is 2. The van der Waals surface area contributed by atoms with Crippen molar-refractivity contribution in [1.29, 1.82) is 0 Å². The van der Waals surface area contributed by atoms with Gasteiger partial charge in [0.2, 0.25) is 0 Å². The molecule has 0 unspecified atom stereocenters. The fraction of sp³-hybridized carbons (Fsp3) is 0.417. The number of nitrogens with one attached hydrogen (secondary N) is 1. The smallest absolute Gasteiger partial charge is 0.274 e. The molecular formula is C24H24F3N5O3. The van der Waals surface area contributed by atoms with Crippen LogP contribution in [0, 0.1) is 17.6 Å². The maximum absolute atomic E-state index is 15.0. The Morgan fingerprint density at radius 3 is 2.34 bits per heavy atom. The molecule has 2 fully saturated rings. The van der Waals surface area contributed by atoms with Crippen molar-refractivity contribution in [2.45, 2.75) is 38.0 Å². The summed E-state index contributed by atoms with van der Waals surface area (Å²) in [4.78, 5) is 42.0. The van der Waals surface area contributed by atoms with E-state index in [2.05, 4.69) is 10.1 Å². The number of fused-ring (bicyclic) bond motifs is 1. The molecule has 8 nitrogen and oxygen atoms in total. The van der Waals surface area contributed by atoms with E-state index in [0.717, 1.165) is 42.0 Å². The maximum atomic E-state index is 15.0. The molecule has 1 aliphatic carbocycles. The number of amides is 2. The number of primary amides is 1. The molecule has 0 atom stereocenters. The van der Waals surface area contributed by atoms with Crippen LogP contribution >= 0.6 is 0 Å².